The molecule has 0 bridgehead atoms. The molecule has 2 nitrogen and oxygen atoms in total. The summed E-state index contributed by atoms with van der Waals surface area (Å²) in [5.41, 5.74) is 9.55. The van der Waals surface area contributed by atoms with E-state index in [9.17, 15) is 0 Å². The Morgan fingerprint density at radius 1 is 1.10 bits per heavy atom. The minimum absolute atomic E-state index is 0.119. The molecule has 2 heteroatoms. The van der Waals surface area contributed by atoms with Crippen molar-refractivity contribution in [1.82, 2.24) is 4.90 Å². The highest BCUT2D eigenvalue weighted by Crippen LogP contribution is 2.40. The van der Waals surface area contributed by atoms with Gasteiger partial charge in [0.1, 0.15) is 0 Å². The number of hydrogen-bond acceptors (Lipinski definition) is 2. The van der Waals surface area contributed by atoms with Crippen molar-refractivity contribution in [3.63, 3.8) is 0 Å². The molecule has 1 aliphatic carbocycles. The van der Waals surface area contributed by atoms with E-state index in [0.29, 0.717) is 0 Å². The summed E-state index contributed by atoms with van der Waals surface area (Å²) in [4.78, 5) is 2.37. The SMILES string of the molecule is CCCc1ccc(C(N)C2(N(C)C)CCCCC2)cc1. The van der Waals surface area contributed by atoms with Crippen LogP contribution in [0, 0.1) is 0 Å². The molecule has 1 fully saturated rings. The lowest BCUT2D eigenvalue weighted by molar-refractivity contribution is 0.0713. The van der Waals surface area contributed by atoms with E-state index >= 15 is 0 Å². The van der Waals surface area contributed by atoms with Gasteiger partial charge < -0.3 is 10.6 Å². The highest BCUT2D eigenvalue weighted by atomic mass is 15.2. The highest BCUT2D eigenvalue weighted by Gasteiger charge is 2.40. The number of nitrogens with zero attached hydrogens (tertiary/aromatic N) is 1. The van der Waals surface area contributed by atoms with Gasteiger partial charge in [0.2, 0.25) is 0 Å². The van der Waals surface area contributed by atoms with Crippen LogP contribution in [0.5, 0.6) is 0 Å². The number of nitrogens with two attached hydrogens (primary N) is 1. The normalized spacial score (nSPS) is 20.1. The predicted octanol–water partition coefficient (Wildman–Crippen LogP) is 3.90. The Morgan fingerprint density at radius 2 is 1.70 bits per heavy atom. The van der Waals surface area contributed by atoms with Gasteiger partial charge in [0.05, 0.1) is 0 Å². The molecule has 2 rings (SSSR count). The largest absolute Gasteiger partial charge is 0.322 e. The van der Waals surface area contributed by atoms with Crippen molar-refractivity contribution in [3.8, 4) is 0 Å². The van der Waals surface area contributed by atoms with Crippen LogP contribution < -0.4 is 5.73 Å². The smallest absolute Gasteiger partial charge is 0.0481 e. The van der Waals surface area contributed by atoms with E-state index < -0.39 is 0 Å². The van der Waals surface area contributed by atoms with E-state index in [4.69, 9.17) is 5.73 Å². The Balaban J connectivity index is 2.20. The molecule has 0 radical (unpaired) electrons. The molecule has 1 saturated carbocycles. The number of rotatable bonds is 5. The molecular formula is C18H30N2. The van der Waals surface area contributed by atoms with E-state index in [1.165, 1.54) is 49.7 Å². The molecule has 0 saturated heterocycles. The molecule has 1 aromatic carbocycles. The highest BCUT2D eigenvalue weighted by molar-refractivity contribution is 5.28. The molecule has 0 aromatic heterocycles. The molecule has 0 heterocycles. The fourth-order valence-electron chi connectivity index (χ4n) is 3.69. The molecule has 1 unspecified atom stereocenters. The summed E-state index contributed by atoms with van der Waals surface area (Å²) in [7, 11) is 4.38. The van der Waals surface area contributed by atoms with Gasteiger partial charge in [-0.3, -0.25) is 0 Å². The van der Waals surface area contributed by atoms with Gasteiger partial charge in [-0.1, -0.05) is 56.9 Å². The van der Waals surface area contributed by atoms with Crippen molar-refractivity contribution >= 4 is 0 Å². The van der Waals surface area contributed by atoms with Crippen LogP contribution in [0.1, 0.15) is 62.6 Å². The number of benzene rings is 1. The predicted molar refractivity (Wildman–Crippen MR) is 86.9 cm³/mol. The molecule has 2 N–H and O–H groups in total. The van der Waals surface area contributed by atoms with Gasteiger partial charge in [0, 0.05) is 11.6 Å². The summed E-state index contributed by atoms with van der Waals surface area (Å²) in [6.45, 7) is 2.22. The first kappa shape index (κ1) is 15.5. The lowest BCUT2D eigenvalue weighted by Crippen LogP contribution is -2.53. The quantitative estimate of drug-likeness (QED) is 0.882. The summed E-state index contributed by atoms with van der Waals surface area (Å²) < 4.78 is 0. The Hall–Kier alpha value is -0.860. The molecule has 0 spiro atoms. The summed E-state index contributed by atoms with van der Waals surface area (Å²) in [5, 5.41) is 0. The molecule has 1 aromatic rings. The van der Waals surface area contributed by atoms with Crippen molar-refractivity contribution in [1.29, 1.82) is 0 Å². The van der Waals surface area contributed by atoms with Crippen molar-refractivity contribution in [3.05, 3.63) is 35.4 Å². The van der Waals surface area contributed by atoms with Gasteiger partial charge in [-0.05, 0) is 44.5 Å². The third-order valence-corrected chi connectivity index (χ3v) is 5.07. The second-order valence-electron chi connectivity index (χ2n) is 6.53. The van der Waals surface area contributed by atoms with Crippen LogP contribution in [0.15, 0.2) is 24.3 Å². The van der Waals surface area contributed by atoms with E-state index in [1.807, 2.05) is 0 Å². The van der Waals surface area contributed by atoms with Gasteiger partial charge in [0.25, 0.3) is 0 Å². The zero-order valence-corrected chi connectivity index (χ0v) is 13.4. The first-order chi connectivity index (χ1) is 9.60. The van der Waals surface area contributed by atoms with Gasteiger partial charge in [-0.25, -0.2) is 0 Å². The fraction of sp³-hybridized carbons (Fsp3) is 0.667. The van der Waals surface area contributed by atoms with Crippen LogP contribution in [0.2, 0.25) is 0 Å². The molecule has 20 heavy (non-hydrogen) atoms. The van der Waals surface area contributed by atoms with E-state index in [0.717, 1.165) is 6.42 Å². The van der Waals surface area contributed by atoms with Crippen LogP contribution in [-0.2, 0) is 6.42 Å². The Labute approximate surface area is 124 Å². The van der Waals surface area contributed by atoms with E-state index in [2.05, 4.69) is 50.2 Å². The van der Waals surface area contributed by atoms with Crippen LogP contribution >= 0.6 is 0 Å². The first-order valence-electron chi connectivity index (χ1n) is 8.12. The monoisotopic (exact) mass is 274 g/mol. The van der Waals surface area contributed by atoms with E-state index in [1.54, 1.807) is 0 Å². The molecule has 0 amide bonds. The van der Waals surface area contributed by atoms with Gasteiger partial charge >= 0.3 is 0 Å². The minimum atomic E-state index is 0.119. The van der Waals surface area contributed by atoms with Gasteiger partial charge in [-0.2, -0.15) is 0 Å². The zero-order chi connectivity index (χ0) is 14.6. The van der Waals surface area contributed by atoms with Crippen LogP contribution in [0.25, 0.3) is 0 Å². The second kappa shape index (κ2) is 6.73. The summed E-state index contributed by atoms with van der Waals surface area (Å²) in [6.07, 6.45) is 8.77. The Bertz CT molecular complexity index is 402. The molecule has 1 aliphatic rings. The maximum Gasteiger partial charge on any atom is 0.0481 e. The fourth-order valence-corrected chi connectivity index (χ4v) is 3.69. The van der Waals surface area contributed by atoms with Crippen molar-refractivity contribution < 1.29 is 0 Å². The summed E-state index contributed by atoms with van der Waals surface area (Å²) in [5.74, 6) is 0. The zero-order valence-electron chi connectivity index (χ0n) is 13.4. The van der Waals surface area contributed by atoms with Crippen LogP contribution in [-0.4, -0.2) is 24.5 Å². The second-order valence-corrected chi connectivity index (χ2v) is 6.53. The molecule has 112 valence electrons. The van der Waals surface area contributed by atoms with E-state index in [-0.39, 0.29) is 11.6 Å². The number of aryl methyl sites for hydroxylation is 1. The summed E-state index contributed by atoms with van der Waals surface area (Å²) >= 11 is 0. The van der Waals surface area contributed by atoms with Crippen LogP contribution in [0.3, 0.4) is 0 Å². The average Bonchev–Trinajstić information content (AvgIpc) is 2.48. The number of likely N-dealkylation sites (N-methyl/N-ethyl adjacent to an activating group) is 1. The molecular weight excluding hydrogens is 244 g/mol. The molecule has 1 atom stereocenters. The summed E-state index contributed by atoms with van der Waals surface area (Å²) in [6, 6.07) is 9.12. The number of hydrogen-bond donors (Lipinski definition) is 1. The lowest BCUT2D eigenvalue weighted by Gasteiger charge is -2.47. The molecule has 0 aliphatic heterocycles. The maximum atomic E-state index is 6.69. The van der Waals surface area contributed by atoms with Gasteiger partial charge in [0.15, 0.2) is 0 Å². The Kier molecular flexibility index (Phi) is 5.22. The Morgan fingerprint density at radius 3 is 2.20 bits per heavy atom. The maximum absolute atomic E-state index is 6.69. The van der Waals surface area contributed by atoms with Crippen molar-refractivity contribution in [2.45, 2.75) is 63.5 Å². The van der Waals surface area contributed by atoms with Gasteiger partial charge in [-0.15, -0.1) is 0 Å². The topological polar surface area (TPSA) is 29.3 Å². The average molecular weight is 274 g/mol. The first-order valence-corrected chi connectivity index (χ1v) is 8.12. The standard InChI is InChI=1S/C18H30N2/c1-4-8-15-9-11-16(12-10-15)17(19)18(20(2)3)13-6-5-7-14-18/h9-12,17H,4-8,13-14,19H2,1-3H3. The third-order valence-electron chi connectivity index (χ3n) is 5.07. The van der Waals surface area contributed by atoms with Crippen molar-refractivity contribution in [2.24, 2.45) is 5.73 Å². The minimum Gasteiger partial charge on any atom is -0.322 e. The third kappa shape index (κ3) is 3.07. The lowest BCUT2D eigenvalue weighted by atomic mass is 9.73. The van der Waals surface area contributed by atoms with Crippen LogP contribution in [0.4, 0.5) is 0 Å². The van der Waals surface area contributed by atoms with Crippen molar-refractivity contribution in [2.75, 3.05) is 14.1 Å².